The highest BCUT2D eigenvalue weighted by molar-refractivity contribution is 5.93. The van der Waals surface area contributed by atoms with E-state index in [9.17, 15) is 9.59 Å². The molecule has 0 spiro atoms. The summed E-state index contributed by atoms with van der Waals surface area (Å²) in [5, 5.41) is 25.4. The molecule has 0 aliphatic heterocycles. The molecular weight excluding hydrogens is 296 g/mol. The SMILES string of the molecule is CC(CO)(CO)CO.CCc1cc(C)c(CC)c(C=O)c1C=O. The Morgan fingerprint density at radius 1 is 0.957 bits per heavy atom. The van der Waals surface area contributed by atoms with Gasteiger partial charge in [0.05, 0.1) is 19.8 Å². The molecule has 0 unspecified atom stereocenters. The van der Waals surface area contributed by atoms with Gasteiger partial charge in [-0.25, -0.2) is 0 Å². The second-order valence-electron chi connectivity index (χ2n) is 5.89. The number of aryl methyl sites for hydroxylation is 2. The van der Waals surface area contributed by atoms with Crippen molar-refractivity contribution in [3.63, 3.8) is 0 Å². The van der Waals surface area contributed by atoms with Crippen LogP contribution in [0.1, 0.15) is 58.2 Å². The fourth-order valence-electron chi connectivity index (χ4n) is 2.16. The Morgan fingerprint density at radius 2 is 1.43 bits per heavy atom. The highest BCUT2D eigenvalue weighted by Gasteiger charge is 2.20. The van der Waals surface area contributed by atoms with Gasteiger partial charge in [-0.2, -0.15) is 0 Å². The Labute approximate surface area is 138 Å². The third-order valence-corrected chi connectivity index (χ3v) is 3.94. The molecule has 0 radical (unpaired) electrons. The van der Waals surface area contributed by atoms with Gasteiger partial charge in [-0.15, -0.1) is 0 Å². The molecule has 0 aliphatic rings. The number of rotatable bonds is 7. The Balaban J connectivity index is 0.000000515. The van der Waals surface area contributed by atoms with Crippen LogP contribution in [0.15, 0.2) is 6.07 Å². The zero-order valence-corrected chi connectivity index (χ0v) is 14.4. The Hall–Kier alpha value is -1.56. The molecule has 0 heterocycles. The molecule has 3 N–H and O–H groups in total. The first kappa shape index (κ1) is 21.4. The topological polar surface area (TPSA) is 94.8 Å². The maximum Gasteiger partial charge on any atom is 0.151 e. The van der Waals surface area contributed by atoms with Crippen molar-refractivity contribution in [1.82, 2.24) is 0 Å². The first-order valence-corrected chi connectivity index (χ1v) is 7.76. The van der Waals surface area contributed by atoms with Gasteiger partial charge in [0, 0.05) is 16.5 Å². The van der Waals surface area contributed by atoms with Crippen LogP contribution in [0.5, 0.6) is 0 Å². The fraction of sp³-hybridized carbons (Fsp3) is 0.556. The third kappa shape index (κ3) is 5.53. The fourth-order valence-corrected chi connectivity index (χ4v) is 2.16. The molecule has 1 aromatic carbocycles. The van der Waals surface area contributed by atoms with Gasteiger partial charge in [-0.3, -0.25) is 9.59 Å². The lowest BCUT2D eigenvalue weighted by Gasteiger charge is -2.20. The summed E-state index contributed by atoms with van der Waals surface area (Å²) < 4.78 is 0. The molecule has 0 atom stereocenters. The third-order valence-electron chi connectivity index (χ3n) is 3.94. The minimum Gasteiger partial charge on any atom is -0.396 e. The first-order chi connectivity index (χ1) is 10.9. The normalized spacial score (nSPS) is 10.7. The molecule has 0 bridgehead atoms. The Morgan fingerprint density at radius 3 is 1.70 bits per heavy atom. The quantitative estimate of drug-likeness (QED) is 0.664. The van der Waals surface area contributed by atoms with Gasteiger partial charge in [0.15, 0.2) is 12.6 Å². The summed E-state index contributed by atoms with van der Waals surface area (Å²) in [4.78, 5) is 22.0. The molecule has 0 aromatic heterocycles. The predicted octanol–water partition coefficient (Wildman–Crippen LogP) is 1.71. The summed E-state index contributed by atoms with van der Waals surface area (Å²) in [6.07, 6.45) is 3.15. The van der Waals surface area contributed by atoms with E-state index in [1.165, 1.54) is 0 Å². The molecule has 23 heavy (non-hydrogen) atoms. The zero-order valence-electron chi connectivity index (χ0n) is 14.4. The maximum absolute atomic E-state index is 11.0. The summed E-state index contributed by atoms with van der Waals surface area (Å²) in [7, 11) is 0. The number of hydrogen-bond acceptors (Lipinski definition) is 5. The van der Waals surface area contributed by atoms with Crippen LogP contribution in [0.4, 0.5) is 0 Å². The molecule has 5 nitrogen and oxygen atoms in total. The number of carbonyl (C=O) groups excluding carboxylic acids is 2. The molecule has 1 aromatic rings. The second-order valence-corrected chi connectivity index (χ2v) is 5.89. The Bertz CT molecular complexity index is 510. The van der Waals surface area contributed by atoms with Crippen molar-refractivity contribution >= 4 is 12.6 Å². The smallest absolute Gasteiger partial charge is 0.151 e. The molecule has 0 fully saturated rings. The van der Waals surface area contributed by atoms with Gasteiger partial charge in [-0.05, 0) is 36.5 Å². The van der Waals surface area contributed by atoms with Gasteiger partial charge >= 0.3 is 0 Å². The largest absolute Gasteiger partial charge is 0.396 e. The van der Waals surface area contributed by atoms with E-state index in [0.717, 1.165) is 42.1 Å². The predicted molar refractivity (Wildman–Crippen MR) is 90.1 cm³/mol. The van der Waals surface area contributed by atoms with Crippen molar-refractivity contribution in [2.24, 2.45) is 5.41 Å². The average molecular weight is 324 g/mol. The minimum absolute atomic E-state index is 0.181. The van der Waals surface area contributed by atoms with E-state index in [0.29, 0.717) is 11.1 Å². The molecule has 5 heteroatoms. The van der Waals surface area contributed by atoms with Crippen LogP contribution in [0.3, 0.4) is 0 Å². The molecular formula is C18H28O5. The van der Waals surface area contributed by atoms with E-state index in [1.807, 2.05) is 26.8 Å². The van der Waals surface area contributed by atoms with Crippen molar-refractivity contribution in [2.75, 3.05) is 19.8 Å². The van der Waals surface area contributed by atoms with E-state index < -0.39 is 5.41 Å². The summed E-state index contributed by atoms with van der Waals surface area (Å²) >= 11 is 0. The lowest BCUT2D eigenvalue weighted by atomic mass is 9.91. The minimum atomic E-state index is -0.708. The van der Waals surface area contributed by atoms with Gasteiger partial charge in [0.25, 0.3) is 0 Å². The number of carbonyl (C=O) groups is 2. The molecule has 0 amide bonds. The van der Waals surface area contributed by atoms with Crippen molar-refractivity contribution in [3.8, 4) is 0 Å². The van der Waals surface area contributed by atoms with E-state index >= 15 is 0 Å². The molecule has 130 valence electrons. The van der Waals surface area contributed by atoms with E-state index in [1.54, 1.807) is 6.92 Å². The summed E-state index contributed by atoms with van der Waals surface area (Å²) in [5.41, 5.74) is 3.48. The maximum atomic E-state index is 11.0. The number of aldehydes is 2. The molecule has 0 aliphatic carbocycles. The van der Waals surface area contributed by atoms with Crippen molar-refractivity contribution in [3.05, 3.63) is 33.9 Å². The van der Waals surface area contributed by atoms with Gasteiger partial charge in [-0.1, -0.05) is 26.8 Å². The van der Waals surface area contributed by atoms with Crippen molar-refractivity contribution in [1.29, 1.82) is 0 Å². The van der Waals surface area contributed by atoms with E-state index in [-0.39, 0.29) is 19.8 Å². The average Bonchev–Trinajstić information content (AvgIpc) is 2.60. The standard InChI is InChI=1S/C13H16O2.C5H12O3/c1-4-10-6-9(3)11(5-2)13(8-15)12(10)7-14;1-5(2-6,3-7)4-8/h6-8H,4-5H2,1-3H3;6-8H,2-4H2,1H3. The van der Waals surface area contributed by atoms with Crippen LogP contribution in [-0.4, -0.2) is 47.7 Å². The van der Waals surface area contributed by atoms with Crippen LogP contribution >= 0.6 is 0 Å². The van der Waals surface area contributed by atoms with Crippen LogP contribution in [0.2, 0.25) is 0 Å². The van der Waals surface area contributed by atoms with Crippen LogP contribution in [0, 0.1) is 12.3 Å². The number of aliphatic hydroxyl groups excluding tert-OH is 3. The van der Waals surface area contributed by atoms with E-state index in [4.69, 9.17) is 15.3 Å². The van der Waals surface area contributed by atoms with Crippen LogP contribution in [-0.2, 0) is 12.8 Å². The highest BCUT2D eigenvalue weighted by Crippen LogP contribution is 2.21. The molecule has 0 saturated heterocycles. The summed E-state index contributed by atoms with van der Waals surface area (Å²) in [6, 6.07) is 2.01. The van der Waals surface area contributed by atoms with Crippen LogP contribution in [0.25, 0.3) is 0 Å². The lowest BCUT2D eigenvalue weighted by molar-refractivity contribution is 0.0200. The number of hydrogen-bond donors (Lipinski definition) is 3. The van der Waals surface area contributed by atoms with Crippen LogP contribution < -0.4 is 0 Å². The monoisotopic (exact) mass is 324 g/mol. The highest BCUT2D eigenvalue weighted by atomic mass is 16.3. The van der Waals surface area contributed by atoms with Gasteiger partial charge < -0.3 is 15.3 Å². The molecule has 0 saturated carbocycles. The Kier molecular flexibility index (Phi) is 9.56. The summed E-state index contributed by atoms with van der Waals surface area (Å²) in [6.45, 7) is 7.03. The molecule has 1 rings (SSSR count). The van der Waals surface area contributed by atoms with Gasteiger partial charge in [0.1, 0.15) is 0 Å². The zero-order chi connectivity index (χ0) is 18.0. The summed E-state index contributed by atoms with van der Waals surface area (Å²) in [5.74, 6) is 0. The van der Waals surface area contributed by atoms with Crippen molar-refractivity contribution < 1.29 is 24.9 Å². The number of benzene rings is 1. The second kappa shape index (κ2) is 10.3. The van der Waals surface area contributed by atoms with E-state index in [2.05, 4.69) is 0 Å². The van der Waals surface area contributed by atoms with Crippen molar-refractivity contribution in [2.45, 2.75) is 40.5 Å². The number of aliphatic hydroxyl groups is 3. The first-order valence-electron chi connectivity index (χ1n) is 7.76. The van der Waals surface area contributed by atoms with Gasteiger partial charge in [0.2, 0.25) is 0 Å². The lowest BCUT2D eigenvalue weighted by Crippen LogP contribution is -2.29.